The molecule has 0 heterocycles. The predicted octanol–water partition coefficient (Wildman–Crippen LogP) is 1.67. The van der Waals surface area contributed by atoms with Crippen LogP contribution >= 0.6 is 0 Å². The van der Waals surface area contributed by atoms with Gasteiger partial charge < -0.3 is 10.4 Å². The fraction of sp³-hybridized carbons (Fsp3) is 0.615. The fourth-order valence-corrected chi connectivity index (χ4v) is 1.12. The molecule has 0 aliphatic rings. The lowest BCUT2D eigenvalue weighted by atomic mass is 9.92. The Kier molecular flexibility index (Phi) is 6.24. The molecule has 19 heavy (non-hydrogen) atoms. The molecule has 0 radical (unpaired) electrons. The van der Waals surface area contributed by atoms with Crippen molar-refractivity contribution in [2.45, 2.75) is 41.0 Å². The Hall–Kier alpha value is -1.85. The number of amides is 3. The van der Waals surface area contributed by atoms with Crippen LogP contribution in [0.4, 0.5) is 4.79 Å². The molecule has 0 bridgehead atoms. The van der Waals surface area contributed by atoms with Gasteiger partial charge in [0.1, 0.15) is 0 Å². The number of hydrogen-bond donors (Lipinski definition) is 3. The van der Waals surface area contributed by atoms with E-state index in [1.165, 1.54) is 13.8 Å². The quantitative estimate of drug-likeness (QED) is 0.677. The second-order valence-corrected chi connectivity index (χ2v) is 5.58. The average molecular weight is 270 g/mol. The number of carboxylic acids is 1. The Morgan fingerprint density at radius 1 is 1.05 bits per heavy atom. The van der Waals surface area contributed by atoms with Crippen molar-refractivity contribution in [3.8, 4) is 0 Å². The lowest BCUT2D eigenvalue weighted by molar-refractivity contribution is -0.133. The summed E-state index contributed by atoms with van der Waals surface area (Å²) in [5.41, 5.74) is 0.0194. The van der Waals surface area contributed by atoms with E-state index in [0.717, 1.165) is 6.42 Å². The van der Waals surface area contributed by atoms with Gasteiger partial charge in [0.05, 0.1) is 0 Å². The smallest absolute Gasteiger partial charge is 0.331 e. The molecule has 0 aliphatic carbocycles. The van der Waals surface area contributed by atoms with Crippen LogP contribution in [0.1, 0.15) is 41.0 Å². The van der Waals surface area contributed by atoms with E-state index in [4.69, 9.17) is 5.11 Å². The Bertz CT molecular complexity index is 405. The van der Waals surface area contributed by atoms with Crippen molar-refractivity contribution in [1.29, 1.82) is 0 Å². The first-order valence-electron chi connectivity index (χ1n) is 6.04. The predicted molar refractivity (Wildman–Crippen MR) is 71.6 cm³/mol. The number of carboxylic acid groups (broad SMARTS) is 1. The molecule has 0 aromatic rings. The molecule has 0 saturated heterocycles. The van der Waals surface area contributed by atoms with Gasteiger partial charge in [0.15, 0.2) is 0 Å². The number of imide groups is 1. The number of carbonyl (C=O) groups excluding carboxylic acids is 2. The van der Waals surface area contributed by atoms with Gasteiger partial charge in [0.2, 0.25) is 0 Å². The maximum absolute atomic E-state index is 11.6. The second-order valence-electron chi connectivity index (χ2n) is 5.58. The summed E-state index contributed by atoms with van der Waals surface area (Å²) in [5, 5.41) is 13.4. The normalized spacial score (nSPS) is 12.5. The zero-order chi connectivity index (χ0) is 15.2. The van der Waals surface area contributed by atoms with Crippen molar-refractivity contribution >= 4 is 17.9 Å². The van der Waals surface area contributed by atoms with Crippen molar-refractivity contribution in [2.75, 3.05) is 6.54 Å². The van der Waals surface area contributed by atoms with Crippen LogP contribution in [0.5, 0.6) is 0 Å². The molecule has 0 atom stereocenters. The van der Waals surface area contributed by atoms with E-state index < -0.39 is 17.9 Å². The first kappa shape index (κ1) is 17.2. The highest BCUT2D eigenvalue weighted by Gasteiger charge is 2.15. The molecule has 0 saturated carbocycles. The highest BCUT2D eigenvalue weighted by molar-refractivity contribution is 6.07. The van der Waals surface area contributed by atoms with Crippen molar-refractivity contribution < 1.29 is 19.5 Å². The summed E-state index contributed by atoms with van der Waals surface area (Å²) >= 11 is 0. The molecule has 108 valence electrons. The fourth-order valence-electron chi connectivity index (χ4n) is 1.12. The molecule has 0 aliphatic heterocycles. The Morgan fingerprint density at radius 3 is 2.00 bits per heavy atom. The van der Waals surface area contributed by atoms with Crippen molar-refractivity contribution in [3.63, 3.8) is 0 Å². The lowest BCUT2D eigenvalue weighted by Crippen LogP contribution is -2.41. The third kappa shape index (κ3) is 7.23. The Labute approximate surface area is 113 Å². The van der Waals surface area contributed by atoms with Gasteiger partial charge in [-0.15, -0.1) is 0 Å². The molecular weight excluding hydrogens is 248 g/mol. The SMILES string of the molecule is CC(C(=O)O)=C(C)C(=O)NC(=O)NCCC(C)(C)C. The van der Waals surface area contributed by atoms with E-state index in [0.29, 0.717) is 6.54 Å². The van der Waals surface area contributed by atoms with Gasteiger partial charge in [-0.3, -0.25) is 10.1 Å². The molecule has 0 fully saturated rings. The van der Waals surface area contributed by atoms with Gasteiger partial charge in [-0.05, 0) is 25.7 Å². The molecule has 0 spiro atoms. The summed E-state index contributed by atoms with van der Waals surface area (Å²) in [7, 11) is 0. The number of nitrogens with one attached hydrogen (secondary N) is 2. The molecule has 6 heteroatoms. The second kappa shape index (κ2) is 6.92. The maximum Gasteiger partial charge on any atom is 0.331 e. The van der Waals surface area contributed by atoms with Crippen molar-refractivity contribution in [2.24, 2.45) is 5.41 Å². The highest BCUT2D eigenvalue weighted by Crippen LogP contribution is 2.16. The standard InChI is InChI=1S/C13H22N2O4/c1-8(9(2)11(17)18)10(16)15-12(19)14-7-6-13(3,4)5/h6-7H2,1-5H3,(H,17,18)(H2,14,15,16,19). The van der Waals surface area contributed by atoms with E-state index in [-0.39, 0.29) is 16.6 Å². The topological polar surface area (TPSA) is 95.5 Å². The van der Waals surface area contributed by atoms with Crippen LogP contribution < -0.4 is 10.6 Å². The summed E-state index contributed by atoms with van der Waals surface area (Å²) in [4.78, 5) is 33.7. The monoisotopic (exact) mass is 270 g/mol. The van der Waals surface area contributed by atoms with E-state index in [2.05, 4.69) is 10.6 Å². The number of rotatable bonds is 4. The van der Waals surface area contributed by atoms with E-state index in [9.17, 15) is 14.4 Å². The molecular formula is C13H22N2O4. The summed E-state index contributed by atoms with van der Waals surface area (Å²) < 4.78 is 0. The Balaban J connectivity index is 4.32. The van der Waals surface area contributed by atoms with E-state index in [1.54, 1.807) is 0 Å². The van der Waals surface area contributed by atoms with E-state index in [1.807, 2.05) is 20.8 Å². The van der Waals surface area contributed by atoms with E-state index >= 15 is 0 Å². The summed E-state index contributed by atoms with van der Waals surface area (Å²) in [6.45, 7) is 9.25. The number of carbonyl (C=O) groups is 3. The lowest BCUT2D eigenvalue weighted by Gasteiger charge is -2.18. The van der Waals surface area contributed by atoms with Gasteiger partial charge >= 0.3 is 12.0 Å². The highest BCUT2D eigenvalue weighted by atomic mass is 16.4. The number of hydrogen-bond acceptors (Lipinski definition) is 3. The molecule has 3 amide bonds. The van der Waals surface area contributed by atoms with Gasteiger partial charge in [-0.2, -0.15) is 0 Å². The zero-order valence-electron chi connectivity index (χ0n) is 12.1. The van der Waals surface area contributed by atoms with Crippen LogP contribution in [0.25, 0.3) is 0 Å². The molecule has 3 N–H and O–H groups in total. The first-order valence-corrected chi connectivity index (χ1v) is 6.04. The minimum atomic E-state index is -1.18. The van der Waals surface area contributed by atoms with Crippen LogP contribution in [0.3, 0.4) is 0 Å². The van der Waals surface area contributed by atoms with Crippen LogP contribution in [-0.4, -0.2) is 29.6 Å². The molecule has 0 aromatic heterocycles. The zero-order valence-corrected chi connectivity index (χ0v) is 12.1. The van der Waals surface area contributed by atoms with Crippen molar-refractivity contribution in [1.82, 2.24) is 10.6 Å². The van der Waals surface area contributed by atoms with Crippen LogP contribution in [0.2, 0.25) is 0 Å². The third-order valence-corrected chi connectivity index (χ3v) is 2.61. The minimum Gasteiger partial charge on any atom is -0.478 e. The van der Waals surface area contributed by atoms with Crippen LogP contribution in [0, 0.1) is 5.41 Å². The molecule has 6 nitrogen and oxygen atoms in total. The summed E-state index contributed by atoms with van der Waals surface area (Å²) in [6.07, 6.45) is 0.775. The van der Waals surface area contributed by atoms with Gasteiger partial charge in [0, 0.05) is 17.7 Å². The van der Waals surface area contributed by atoms with Gasteiger partial charge in [-0.25, -0.2) is 9.59 Å². The maximum atomic E-state index is 11.6. The summed E-state index contributed by atoms with van der Waals surface area (Å²) in [5.74, 6) is -1.88. The molecule has 0 rings (SSSR count). The average Bonchev–Trinajstić information content (AvgIpc) is 2.24. The number of aliphatic carboxylic acids is 1. The van der Waals surface area contributed by atoms with Gasteiger partial charge in [-0.1, -0.05) is 20.8 Å². The summed E-state index contributed by atoms with van der Waals surface area (Å²) in [6, 6.07) is -0.619. The molecule has 0 aromatic carbocycles. The number of urea groups is 1. The minimum absolute atomic E-state index is 0.0125. The van der Waals surface area contributed by atoms with Crippen LogP contribution in [-0.2, 0) is 9.59 Å². The first-order chi connectivity index (χ1) is 8.54. The molecule has 0 unspecified atom stereocenters. The Morgan fingerprint density at radius 2 is 1.58 bits per heavy atom. The van der Waals surface area contributed by atoms with Crippen LogP contribution in [0.15, 0.2) is 11.1 Å². The van der Waals surface area contributed by atoms with Crippen molar-refractivity contribution in [3.05, 3.63) is 11.1 Å². The third-order valence-electron chi connectivity index (χ3n) is 2.61. The largest absolute Gasteiger partial charge is 0.478 e. The van der Waals surface area contributed by atoms with Gasteiger partial charge in [0.25, 0.3) is 5.91 Å².